The third-order valence-corrected chi connectivity index (χ3v) is 10.0. The monoisotopic (exact) mass is 547 g/mol. The normalized spacial score (nSPS) is 27.5. The zero-order valence-electron chi connectivity index (χ0n) is 19.1. The van der Waals surface area contributed by atoms with E-state index in [4.69, 9.17) is 11.6 Å². The smallest absolute Gasteiger partial charge is 0.255 e. The van der Waals surface area contributed by atoms with Gasteiger partial charge in [0.25, 0.3) is 5.91 Å². The van der Waals surface area contributed by atoms with Crippen LogP contribution in [0.4, 0.5) is 18.9 Å². The fourth-order valence-electron chi connectivity index (χ4n) is 5.54. The van der Waals surface area contributed by atoms with Gasteiger partial charge in [0.15, 0.2) is 27.3 Å². The van der Waals surface area contributed by atoms with E-state index >= 15 is 0 Å². The lowest BCUT2D eigenvalue weighted by molar-refractivity contribution is -0.172. The Bertz CT molecular complexity index is 1270. The lowest BCUT2D eigenvalue weighted by Gasteiger charge is -2.46. The van der Waals surface area contributed by atoms with Gasteiger partial charge in [-0.1, -0.05) is 11.6 Å². The molecule has 0 spiro atoms. The van der Waals surface area contributed by atoms with Crippen molar-refractivity contribution in [2.24, 2.45) is 11.8 Å². The molecule has 2 bridgehead atoms. The van der Waals surface area contributed by atoms with Gasteiger partial charge in [-0.25, -0.2) is 21.6 Å². The first-order valence-corrected chi connectivity index (χ1v) is 13.3. The SMILES string of the molecule is CC(O)C(O)C1(O)C2CC[C@H]1CC(S(=O)(=O)c1cc(C(=O)Nc3cc(F)c(F)c(F)c3)ccc1Cl)C2. The van der Waals surface area contributed by atoms with Gasteiger partial charge in [0.1, 0.15) is 6.10 Å². The van der Waals surface area contributed by atoms with E-state index < -0.39 is 68.1 Å². The highest BCUT2D eigenvalue weighted by atomic mass is 35.5. The molecule has 0 aromatic heterocycles. The number of anilines is 1. The number of rotatable bonds is 6. The molecule has 2 aliphatic carbocycles. The molecule has 5 unspecified atom stereocenters. The number of fused-ring (bicyclic) bond motifs is 2. The third-order valence-electron chi connectivity index (χ3n) is 7.38. The summed E-state index contributed by atoms with van der Waals surface area (Å²) in [6.45, 7) is 1.36. The van der Waals surface area contributed by atoms with Crippen LogP contribution >= 0.6 is 11.6 Å². The van der Waals surface area contributed by atoms with Crippen molar-refractivity contribution in [2.75, 3.05) is 5.32 Å². The van der Waals surface area contributed by atoms with Crippen molar-refractivity contribution in [2.45, 2.75) is 60.6 Å². The number of nitrogens with one attached hydrogen (secondary N) is 1. The van der Waals surface area contributed by atoms with Gasteiger partial charge >= 0.3 is 0 Å². The van der Waals surface area contributed by atoms with Crippen LogP contribution in [0.1, 0.15) is 43.0 Å². The topological polar surface area (TPSA) is 124 Å². The Morgan fingerprint density at radius 3 is 2.17 bits per heavy atom. The average molecular weight is 548 g/mol. The summed E-state index contributed by atoms with van der Waals surface area (Å²) in [7, 11) is -4.10. The lowest BCUT2D eigenvalue weighted by Crippen LogP contribution is -2.58. The number of carbonyl (C=O) groups is 1. The second kappa shape index (κ2) is 9.60. The molecule has 36 heavy (non-hydrogen) atoms. The zero-order valence-corrected chi connectivity index (χ0v) is 20.7. The van der Waals surface area contributed by atoms with E-state index in [-0.39, 0.29) is 34.0 Å². The molecule has 0 radical (unpaired) electrons. The summed E-state index contributed by atoms with van der Waals surface area (Å²) >= 11 is 6.19. The molecule has 2 aromatic carbocycles. The van der Waals surface area contributed by atoms with Gasteiger partial charge in [0, 0.05) is 23.4 Å². The van der Waals surface area contributed by atoms with Crippen LogP contribution in [0, 0.1) is 29.3 Å². The van der Waals surface area contributed by atoms with Crippen molar-refractivity contribution in [3.63, 3.8) is 0 Å². The van der Waals surface area contributed by atoms with Crippen molar-refractivity contribution in [3.8, 4) is 0 Å². The van der Waals surface area contributed by atoms with Crippen LogP contribution in [0.5, 0.6) is 0 Å². The molecule has 6 atom stereocenters. The second-order valence-electron chi connectivity index (χ2n) is 9.54. The van der Waals surface area contributed by atoms with Gasteiger partial charge in [0.2, 0.25) is 0 Å². The first-order valence-electron chi connectivity index (χ1n) is 11.3. The predicted molar refractivity (Wildman–Crippen MR) is 125 cm³/mol. The Morgan fingerprint density at radius 2 is 1.64 bits per heavy atom. The summed E-state index contributed by atoms with van der Waals surface area (Å²) in [5.41, 5.74) is -2.13. The van der Waals surface area contributed by atoms with E-state index in [0.717, 1.165) is 6.07 Å². The number of hydrogen-bond donors (Lipinski definition) is 4. The minimum absolute atomic E-state index is 0.0278. The Hall–Kier alpha value is -2.18. The quantitative estimate of drug-likeness (QED) is 0.411. The highest BCUT2D eigenvalue weighted by Crippen LogP contribution is 2.54. The maximum Gasteiger partial charge on any atom is 0.255 e. The number of aliphatic hydroxyl groups excluding tert-OH is 2. The van der Waals surface area contributed by atoms with Crippen LogP contribution in [0.25, 0.3) is 0 Å². The molecule has 4 N–H and O–H groups in total. The zero-order chi connectivity index (χ0) is 26.6. The first kappa shape index (κ1) is 26.9. The maximum atomic E-state index is 13.6. The Balaban J connectivity index is 1.59. The molecule has 0 heterocycles. The number of halogens is 4. The fourth-order valence-corrected chi connectivity index (χ4v) is 7.94. The fraction of sp³-hybridized carbons (Fsp3) is 0.458. The molecule has 2 saturated carbocycles. The molecule has 2 fully saturated rings. The van der Waals surface area contributed by atoms with Crippen molar-refractivity contribution in [1.29, 1.82) is 0 Å². The highest BCUT2D eigenvalue weighted by molar-refractivity contribution is 7.92. The Morgan fingerprint density at radius 1 is 1.08 bits per heavy atom. The molecule has 0 saturated heterocycles. The number of hydrogen-bond acceptors (Lipinski definition) is 6. The van der Waals surface area contributed by atoms with E-state index in [1.807, 2.05) is 0 Å². The van der Waals surface area contributed by atoms with E-state index in [2.05, 4.69) is 5.32 Å². The average Bonchev–Trinajstić information content (AvgIpc) is 2.98. The van der Waals surface area contributed by atoms with Gasteiger partial charge in [0.05, 0.1) is 26.9 Å². The predicted octanol–water partition coefficient (Wildman–Crippen LogP) is 3.44. The molecule has 2 aromatic rings. The molecule has 196 valence electrons. The minimum Gasteiger partial charge on any atom is -0.391 e. The molecule has 7 nitrogen and oxygen atoms in total. The Labute approximate surface area is 210 Å². The number of amides is 1. The van der Waals surface area contributed by atoms with E-state index in [0.29, 0.717) is 25.0 Å². The summed E-state index contributed by atoms with van der Waals surface area (Å²) in [5.74, 6) is -6.72. The number of carbonyl (C=O) groups excluding carboxylic acids is 1. The van der Waals surface area contributed by atoms with Gasteiger partial charge in [-0.2, -0.15) is 0 Å². The summed E-state index contributed by atoms with van der Waals surface area (Å²) in [4.78, 5) is 12.3. The third kappa shape index (κ3) is 4.51. The lowest BCUT2D eigenvalue weighted by atomic mass is 9.70. The molecule has 1 amide bonds. The molecular formula is C24H25ClF3NO6S. The second-order valence-corrected chi connectivity index (χ2v) is 12.1. The molecule has 0 aliphatic heterocycles. The number of aliphatic hydroxyl groups is 3. The van der Waals surface area contributed by atoms with Crippen LogP contribution in [0.2, 0.25) is 5.02 Å². The standard InChI is InChI=1S/C24H25ClF3NO6S/c1-11(30)22(31)24(33)13-3-4-14(24)8-16(7-13)36(34,35)20-6-12(2-5-17(20)25)23(32)29-15-9-18(26)21(28)19(27)10-15/h2,5-6,9-11,13-14,16,22,30-31,33H,3-4,7-8H2,1H3,(H,29,32)/t11?,13-,14?,16?,22?,24?/m0/s1. The van der Waals surface area contributed by atoms with Crippen molar-refractivity contribution < 1.29 is 41.7 Å². The first-order chi connectivity index (χ1) is 16.8. The molecule has 2 aliphatic rings. The largest absolute Gasteiger partial charge is 0.391 e. The Kier molecular flexibility index (Phi) is 7.17. The van der Waals surface area contributed by atoms with Crippen molar-refractivity contribution in [3.05, 3.63) is 58.4 Å². The van der Waals surface area contributed by atoms with Gasteiger partial charge in [-0.3, -0.25) is 4.79 Å². The van der Waals surface area contributed by atoms with Gasteiger partial charge in [-0.05, 0) is 62.6 Å². The van der Waals surface area contributed by atoms with Crippen LogP contribution < -0.4 is 5.32 Å². The van der Waals surface area contributed by atoms with Gasteiger partial charge < -0.3 is 20.6 Å². The minimum atomic E-state index is -4.10. The molecule has 4 rings (SSSR count). The van der Waals surface area contributed by atoms with Crippen LogP contribution in [0.3, 0.4) is 0 Å². The molecular weight excluding hydrogens is 523 g/mol. The number of sulfone groups is 1. The van der Waals surface area contributed by atoms with Crippen LogP contribution in [-0.4, -0.2) is 52.7 Å². The van der Waals surface area contributed by atoms with Crippen molar-refractivity contribution in [1.82, 2.24) is 0 Å². The summed E-state index contributed by atoms with van der Waals surface area (Å²) in [5, 5.41) is 32.5. The summed E-state index contributed by atoms with van der Waals surface area (Å²) < 4.78 is 67.2. The van der Waals surface area contributed by atoms with E-state index in [1.54, 1.807) is 0 Å². The maximum absolute atomic E-state index is 13.6. The summed E-state index contributed by atoms with van der Waals surface area (Å²) in [6.07, 6.45) is -1.59. The van der Waals surface area contributed by atoms with Crippen LogP contribution in [0.15, 0.2) is 35.2 Å². The van der Waals surface area contributed by atoms with E-state index in [1.165, 1.54) is 19.1 Å². The highest BCUT2D eigenvalue weighted by Gasteiger charge is 2.59. The van der Waals surface area contributed by atoms with Crippen molar-refractivity contribution >= 4 is 33.0 Å². The van der Waals surface area contributed by atoms with E-state index in [9.17, 15) is 41.7 Å². The van der Waals surface area contributed by atoms with Crippen LogP contribution in [-0.2, 0) is 9.84 Å². The summed E-state index contributed by atoms with van der Waals surface area (Å²) in [6, 6.07) is 4.67. The number of benzene rings is 2. The van der Waals surface area contributed by atoms with Gasteiger partial charge in [-0.15, -0.1) is 0 Å². The molecule has 12 heteroatoms.